The summed E-state index contributed by atoms with van der Waals surface area (Å²) in [6.07, 6.45) is -4.80. The van der Waals surface area contributed by atoms with Crippen molar-refractivity contribution >= 4 is 5.82 Å². The van der Waals surface area contributed by atoms with Gasteiger partial charge in [0.2, 0.25) is 6.29 Å². The quantitative estimate of drug-likeness (QED) is 0.576. The van der Waals surface area contributed by atoms with E-state index in [9.17, 15) is 20.4 Å². The maximum Gasteiger partial charge on any atom is 0.229 e. The molecule has 0 radical (unpaired) electrons. The van der Waals surface area contributed by atoms with Crippen LogP contribution in [0, 0.1) is 6.92 Å². The average Bonchev–Trinajstić information content (AvgIpc) is 2.69. The highest BCUT2D eigenvalue weighted by molar-refractivity contribution is 5.68. The lowest BCUT2D eigenvalue weighted by atomic mass is 9.99. The van der Waals surface area contributed by atoms with Crippen molar-refractivity contribution in [3.63, 3.8) is 0 Å². The number of nitrogens with zero attached hydrogens (tertiary/aromatic N) is 2. The first-order chi connectivity index (χ1) is 13.3. The zero-order valence-corrected chi connectivity index (χ0v) is 16.1. The number of pyridine rings is 1. The Hall–Kier alpha value is -2.23. The van der Waals surface area contributed by atoms with E-state index in [0.29, 0.717) is 5.75 Å². The number of aliphatic hydroxyl groups is 4. The van der Waals surface area contributed by atoms with Gasteiger partial charge >= 0.3 is 0 Å². The van der Waals surface area contributed by atoms with Gasteiger partial charge in [-0.1, -0.05) is 6.07 Å². The lowest BCUT2D eigenvalue weighted by Crippen LogP contribution is -2.60. The summed E-state index contributed by atoms with van der Waals surface area (Å²) < 4.78 is 11.1. The Bertz CT molecular complexity index is 813. The van der Waals surface area contributed by atoms with Gasteiger partial charge in [-0.05, 0) is 47.9 Å². The predicted octanol–water partition coefficient (Wildman–Crippen LogP) is 0.302. The molecular formula is C20H26N2O6. The molecule has 2 aromatic rings. The molecule has 1 fully saturated rings. The first-order valence-electron chi connectivity index (χ1n) is 9.03. The van der Waals surface area contributed by atoms with E-state index in [1.165, 1.54) is 0 Å². The molecule has 152 valence electrons. The second-order valence-electron chi connectivity index (χ2n) is 7.09. The minimum Gasteiger partial charge on any atom is -0.462 e. The lowest BCUT2D eigenvalue weighted by molar-refractivity contribution is -0.277. The highest BCUT2D eigenvalue weighted by Gasteiger charge is 2.44. The van der Waals surface area contributed by atoms with E-state index in [1.807, 2.05) is 50.2 Å². The van der Waals surface area contributed by atoms with Gasteiger partial charge in [-0.3, -0.25) is 0 Å². The summed E-state index contributed by atoms with van der Waals surface area (Å²) in [5, 5.41) is 39.2. The Morgan fingerprint density at radius 3 is 2.39 bits per heavy atom. The van der Waals surface area contributed by atoms with E-state index in [1.54, 1.807) is 12.3 Å². The van der Waals surface area contributed by atoms with E-state index in [0.717, 1.165) is 22.5 Å². The molecule has 1 aromatic carbocycles. The fraction of sp³-hybridized carbons (Fsp3) is 0.450. The average molecular weight is 390 g/mol. The van der Waals surface area contributed by atoms with Crippen LogP contribution in [-0.2, 0) is 4.74 Å². The highest BCUT2D eigenvalue weighted by Crippen LogP contribution is 2.30. The van der Waals surface area contributed by atoms with E-state index in [4.69, 9.17) is 9.47 Å². The molecule has 0 amide bonds. The first kappa shape index (κ1) is 20.5. The lowest BCUT2D eigenvalue weighted by Gasteiger charge is -2.39. The number of aryl methyl sites for hydroxylation is 1. The summed E-state index contributed by atoms with van der Waals surface area (Å²) in [6.45, 7) is 1.36. The van der Waals surface area contributed by atoms with Crippen molar-refractivity contribution in [3.05, 3.63) is 42.1 Å². The number of ether oxygens (including phenoxy) is 2. The highest BCUT2D eigenvalue weighted by atomic mass is 16.7. The zero-order valence-electron chi connectivity index (χ0n) is 16.1. The van der Waals surface area contributed by atoms with Gasteiger partial charge in [-0.15, -0.1) is 0 Å². The molecule has 1 aliphatic heterocycles. The molecule has 0 spiro atoms. The second kappa shape index (κ2) is 8.42. The standard InChI is InChI=1S/C20H26N2O6/c1-11-8-12(13-6-7-21-16(9-13)22(2)3)4-5-14(11)27-20-19(26)18(25)17(24)15(10-23)28-20/h4-9,15,17-20,23-26H,10H2,1-3H3/t15-,17-,18+,19+,20+/m1/s1. The molecule has 1 aliphatic rings. The number of hydrogen-bond acceptors (Lipinski definition) is 8. The molecule has 4 N–H and O–H groups in total. The Morgan fingerprint density at radius 2 is 1.75 bits per heavy atom. The topological polar surface area (TPSA) is 116 Å². The Labute approximate surface area is 163 Å². The predicted molar refractivity (Wildman–Crippen MR) is 103 cm³/mol. The molecule has 3 rings (SSSR count). The third kappa shape index (κ3) is 4.11. The number of aliphatic hydroxyl groups excluding tert-OH is 4. The van der Waals surface area contributed by atoms with Crippen molar-refractivity contribution in [1.82, 2.24) is 4.98 Å². The fourth-order valence-corrected chi connectivity index (χ4v) is 3.09. The van der Waals surface area contributed by atoms with Crippen LogP contribution in [-0.4, -0.2) is 76.8 Å². The minimum absolute atomic E-state index is 0.468. The van der Waals surface area contributed by atoms with E-state index >= 15 is 0 Å². The van der Waals surface area contributed by atoms with Crippen LogP contribution in [0.3, 0.4) is 0 Å². The van der Waals surface area contributed by atoms with Crippen molar-refractivity contribution < 1.29 is 29.9 Å². The third-order valence-electron chi connectivity index (χ3n) is 4.80. The third-order valence-corrected chi connectivity index (χ3v) is 4.80. The van der Waals surface area contributed by atoms with E-state index in [-0.39, 0.29) is 0 Å². The summed E-state index contributed by atoms with van der Waals surface area (Å²) in [7, 11) is 3.85. The van der Waals surface area contributed by atoms with Gasteiger partial charge in [0.15, 0.2) is 0 Å². The molecule has 0 aliphatic carbocycles. The Balaban J connectivity index is 1.80. The van der Waals surface area contributed by atoms with Gasteiger partial charge in [0.1, 0.15) is 36.0 Å². The maximum absolute atomic E-state index is 10.1. The molecule has 2 heterocycles. The molecule has 28 heavy (non-hydrogen) atoms. The molecule has 0 unspecified atom stereocenters. The number of rotatable bonds is 5. The van der Waals surface area contributed by atoms with Crippen molar-refractivity contribution in [1.29, 1.82) is 0 Å². The molecule has 1 saturated heterocycles. The van der Waals surface area contributed by atoms with Crippen LogP contribution in [0.25, 0.3) is 11.1 Å². The summed E-state index contributed by atoms with van der Waals surface area (Å²) in [4.78, 5) is 6.23. The molecule has 8 nitrogen and oxygen atoms in total. The largest absolute Gasteiger partial charge is 0.462 e. The molecule has 0 saturated carbocycles. The van der Waals surface area contributed by atoms with Gasteiger partial charge in [0, 0.05) is 20.3 Å². The molecule has 1 aromatic heterocycles. The number of aromatic nitrogens is 1. The summed E-state index contributed by atoms with van der Waals surface area (Å²) in [5.74, 6) is 1.31. The van der Waals surface area contributed by atoms with Crippen LogP contribution in [0.15, 0.2) is 36.5 Å². The summed E-state index contributed by atoms with van der Waals surface area (Å²) in [6, 6.07) is 9.46. The number of benzene rings is 1. The van der Waals surface area contributed by atoms with Gasteiger partial charge in [-0.2, -0.15) is 0 Å². The van der Waals surface area contributed by atoms with Crippen LogP contribution in [0.1, 0.15) is 5.56 Å². The van der Waals surface area contributed by atoms with E-state index < -0.39 is 37.3 Å². The normalized spacial score (nSPS) is 27.5. The number of anilines is 1. The van der Waals surface area contributed by atoms with Gasteiger partial charge in [0.25, 0.3) is 0 Å². The van der Waals surface area contributed by atoms with Gasteiger partial charge in [-0.25, -0.2) is 4.98 Å². The second-order valence-corrected chi connectivity index (χ2v) is 7.09. The fourth-order valence-electron chi connectivity index (χ4n) is 3.09. The Kier molecular flexibility index (Phi) is 6.17. The monoisotopic (exact) mass is 390 g/mol. The summed E-state index contributed by atoms with van der Waals surface area (Å²) >= 11 is 0. The van der Waals surface area contributed by atoms with Crippen LogP contribution < -0.4 is 9.64 Å². The minimum atomic E-state index is -1.48. The molecule has 5 atom stereocenters. The maximum atomic E-state index is 10.1. The van der Waals surface area contributed by atoms with Crippen molar-refractivity contribution in [2.24, 2.45) is 0 Å². The van der Waals surface area contributed by atoms with Crippen molar-refractivity contribution in [3.8, 4) is 16.9 Å². The van der Waals surface area contributed by atoms with Gasteiger partial charge in [0.05, 0.1) is 6.61 Å². The molecular weight excluding hydrogens is 364 g/mol. The zero-order chi connectivity index (χ0) is 20.4. The van der Waals surface area contributed by atoms with Crippen LogP contribution in [0.2, 0.25) is 0 Å². The smallest absolute Gasteiger partial charge is 0.229 e. The molecule has 0 bridgehead atoms. The Morgan fingerprint density at radius 1 is 1.04 bits per heavy atom. The molecule has 8 heteroatoms. The number of hydrogen-bond donors (Lipinski definition) is 4. The van der Waals surface area contributed by atoms with Crippen LogP contribution in [0.4, 0.5) is 5.82 Å². The van der Waals surface area contributed by atoms with Crippen molar-refractivity contribution in [2.45, 2.75) is 37.6 Å². The SMILES string of the molecule is Cc1cc(-c2ccnc(N(C)C)c2)ccc1O[C@H]1O[C@H](CO)[C@@H](O)[C@H](O)[C@@H]1O. The summed E-state index contributed by atoms with van der Waals surface area (Å²) in [5.41, 5.74) is 2.78. The van der Waals surface area contributed by atoms with E-state index in [2.05, 4.69) is 4.98 Å². The van der Waals surface area contributed by atoms with Crippen molar-refractivity contribution in [2.75, 3.05) is 25.6 Å². The van der Waals surface area contributed by atoms with Crippen LogP contribution >= 0.6 is 0 Å². The van der Waals surface area contributed by atoms with Crippen LogP contribution in [0.5, 0.6) is 5.75 Å². The van der Waals surface area contributed by atoms with Gasteiger partial charge < -0.3 is 34.8 Å². The first-order valence-corrected chi connectivity index (χ1v) is 9.03.